The van der Waals surface area contributed by atoms with Gasteiger partial charge in [-0.15, -0.1) is 0 Å². The summed E-state index contributed by atoms with van der Waals surface area (Å²) < 4.78 is 27.0. The molecule has 1 aliphatic heterocycles. The smallest absolute Gasteiger partial charge is 0.289 e. The van der Waals surface area contributed by atoms with Crippen molar-refractivity contribution in [2.24, 2.45) is 0 Å². The molecule has 1 aliphatic rings. The van der Waals surface area contributed by atoms with Gasteiger partial charge in [0.15, 0.2) is 4.90 Å². The SMILES string of the molecule is O=C(c1ccc2ccccc2c1)N1CCN(S(=O)(=O)c2ccccc2[N+](=O)[O-])CC1. The molecule has 30 heavy (non-hydrogen) atoms. The first-order valence-corrected chi connectivity index (χ1v) is 10.8. The Kier molecular flexibility index (Phi) is 5.23. The fraction of sp³-hybridized carbons (Fsp3) is 0.190. The second-order valence-corrected chi connectivity index (χ2v) is 8.89. The highest BCUT2D eigenvalue weighted by atomic mass is 32.2. The van der Waals surface area contributed by atoms with Crippen LogP contribution in [0.1, 0.15) is 10.4 Å². The van der Waals surface area contributed by atoms with Crippen molar-refractivity contribution in [1.82, 2.24) is 9.21 Å². The van der Waals surface area contributed by atoms with Gasteiger partial charge in [-0.1, -0.05) is 42.5 Å². The molecule has 1 heterocycles. The molecule has 4 rings (SSSR count). The quantitative estimate of drug-likeness (QED) is 0.473. The molecular weight excluding hydrogens is 406 g/mol. The van der Waals surface area contributed by atoms with E-state index >= 15 is 0 Å². The molecule has 8 nitrogen and oxygen atoms in total. The second kappa shape index (κ2) is 7.85. The zero-order chi connectivity index (χ0) is 21.3. The first kappa shape index (κ1) is 20.0. The zero-order valence-electron chi connectivity index (χ0n) is 16.0. The molecule has 0 unspecified atom stereocenters. The topological polar surface area (TPSA) is 101 Å². The molecule has 1 fully saturated rings. The van der Waals surface area contributed by atoms with E-state index in [-0.39, 0.29) is 37.0 Å². The molecule has 0 N–H and O–H groups in total. The van der Waals surface area contributed by atoms with Crippen molar-refractivity contribution in [1.29, 1.82) is 0 Å². The van der Waals surface area contributed by atoms with Gasteiger partial charge in [-0.2, -0.15) is 4.31 Å². The predicted octanol–water partition coefficient (Wildman–Crippen LogP) is 2.89. The first-order chi connectivity index (χ1) is 14.4. The third-order valence-corrected chi connectivity index (χ3v) is 7.15. The Morgan fingerprint density at radius 3 is 2.20 bits per heavy atom. The van der Waals surface area contributed by atoms with Crippen molar-refractivity contribution < 1.29 is 18.1 Å². The van der Waals surface area contributed by atoms with Gasteiger partial charge in [0, 0.05) is 37.8 Å². The van der Waals surface area contributed by atoms with Gasteiger partial charge in [0.1, 0.15) is 0 Å². The van der Waals surface area contributed by atoms with Crippen LogP contribution in [0.2, 0.25) is 0 Å². The Morgan fingerprint density at radius 1 is 0.867 bits per heavy atom. The molecule has 0 radical (unpaired) electrons. The van der Waals surface area contributed by atoms with Crippen LogP contribution in [0.4, 0.5) is 5.69 Å². The maximum atomic E-state index is 12.9. The summed E-state index contributed by atoms with van der Waals surface area (Å²) in [6, 6.07) is 18.5. The van der Waals surface area contributed by atoms with E-state index in [1.54, 1.807) is 11.0 Å². The molecule has 3 aromatic rings. The van der Waals surface area contributed by atoms with Crippen LogP contribution in [-0.2, 0) is 10.0 Å². The van der Waals surface area contributed by atoms with E-state index in [2.05, 4.69) is 0 Å². The average molecular weight is 425 g/mol. The number of rotatable bonds is 4. The summed E-state index contributed by atoms with van der Waals surface area (Å²) in [5.41, 5.74) is 0.0934. The summed E-state index contributed by atoms with van der Waals surface area (Å²) in [5, 5.41) is 13.2. The lowest BCUT2D eigenvalue weighted by Gasteiger charge is -2.34. The Balaban J connectivity index is 1.50. The van der Waals surface area contributed by atoms with Gasteiger partial charge in [0.25, 0.3) is 11.6 Å². The summed E-state index contributed by atoms with van der Waals surface area (Å²) in [4.78, 5) is 24.7. The number of nitro benzene ring substituents is 1. The van der Waals surface area contributed by atoms with Gasteiger partial charge < -0.3 is 4.90 Å². The van der Waals surface area contributed by atoms with E-state index in [1.807, 2.05) is 36.4 Å². The van der Waals surface area contributed by atoms with Crippen LogP contribution in [0.5, 0.6) is 0 Å². The van der Waals surface area contributed by atoms with E-state index < -0.39 is 20.6 Å². The van der Waals surface area contributed by atoms with E-state index in [9.17, 15) is 23.3 Å². The molecule has 1 saturated heterocycles. The molecule has 0 atom stereocenters. The average Bonchev–Trinajstić information content (AvgIpc) is 2.78. The highest BCUT2D eigenvalue weighted by molar-refractivity contribution is 7.89. The largest absolute Gasteiger partial charge is 0.336 e. The second-order valence-electron chi connectivity index (χ2n) is 6.98. The Bertz CT molecular complexity index is 1230. The number of carbonyl (C=O) groups excluding carboxylic acids is 1. The van der Waals surface area contributed by atoms with Crippen LogP contribution < -0.4 is 0 Å². The number of para-hydroxylation sites is 1. The minimum absolute atomic E-state index is 0.0771. The first-order valence-electron chi connectivity index (χ1n) is 9.39. The van der Waals surface area contributed by atoms with Gasteiger partial charge in [-0.3, -0.25) is 14.9 Å². The van der Waals surface area contributed by atoms with Crippen molar-refractivity contribution in [3.63, 3.8) is 0 Å². The van der Waals surface area contributed by atoms with Crippen LogP contribution in [0.15, 0.2) is 71.6 Å². The van der Waals surface area contributed by atoms with Crippen LogP contribution >= 0.6 is 0 Å². The normalized spacial score (nSPS) is 15.3. The summed E-state index contributed by atoms with van der Waals surface area (Å²) >= 11 is 0. The summed E-state index contributed by atoms with van der Waals surface area (Å²) in [5.74, 6) is -0.163. The third kappa shape index (κ3) is 3.64. The summed E-state index contributed by atoms with van der Waals surface area (Å²) in [7, 11) is -4.03. The van der Waals surface area contributed by atoms with Crippen LogP contribution in [0, 0.1) is 10.1 Å². The molecule has 0 spiro atoms. The van der Waals surface area contributed by atoms with Crippen molar-refractivity contribution in [2.45, 2.75) is 4.90 Å². The predicted molar refractivity (Wildman–Crippen MR) is 112 cm³/mol. The third-order valence-electron chi connectivity index (χ3n) is 5.20. The molecule has 0 aromatic heterocycles. The standard InChI is InChI=1S/C21H19N3O5S/c25-21(18-10-9-16-5-1-2-6-17(16)15-18)22-11-13-23(14-12-22)30(28,29)20-8-4-3-7-19(20)24(26)27/h1-10,15H,11-14H2. The molecule has 3 aromatic carbocycles. The zero-order valence-corrected chi connectivity index (χ0v) is 16.8. The van der Waals surface area contributed by atoms with E-state index in [0.29, 0.717) is 5.56 Å². The lowest BCUT2D eigenvalue weighted by Crippen LogP contribution is -2.50. The Morgan fingerprint density at radius 2 is 1.50 bits per heavy atom. The molecular formula is C21H19N3O5S. The monoisotopic (exact) mass is 425 g/mol. The number of benzene rings is 3. The summed E-state index contributed by atoms with van der Waals surface area (Å²) in [6.45, 7) is 0.582. The van der Waals surface area contributed by atoms with Gasteiger partial charge in [0.05, 0.1) is 4.92 Å². The van der Waals surface area contributed by atoms with Crippen LogP contribution in [-0.4, -0.2) is 54.6 Å². The minimum atomic E-state index is -4.03. The maximum Gasteiger partial charge on any atom is 0.289 e. The fourth-order valence-corrected chi connectivity index (χ4v) is 5.18. The van der Waals surface area contributed by atoms with Crippen LogP contribution in [0.25, 0.3) is 10.8 Å². The lowest BCUT2D eigenvalue weighted by molar-refractivity contribution is -0.387. The number of nitro groups is 1. The number of hydrogen-bond acceptors (Lipinski definition) is 5. The molecule has 154 valence electrons. The maximum absolute atomic E-state index is 12.9. The van der Waals surface area contributed by atoms with E-state index in [4.69, 9.17) is 0 Å². The highest BCUT2D eigenvalue weighted by Crippen LogP contribution is 2.27. The number of piperazine rings is 1. The summed E-state index contributed by atoms with van der Waals surface area (Å²) in [6.07, 6.45) is 0. The molecule has 0 bridgehead atoms. The Hall–Kier alpha value is -3.30. The fourth-order valence-electron chi connectivity index (χ4n) is 3.60. The van der Waals surface area contributed by atoms with Crippen molar-refractivity contribution in [2.75, 3.05) is 26.2 Å². The number of nitrogens with zero attached hydrogens (tertiary/aromatic N) is 3. The van der Waals surface area contributed by atoms with Gasteiger partial charge in [-0.25, -0.2) is 8.42 Å². The number of hydrogen-bond donors (Lipinski definition) is 0. The van der Waals surface area contributed by atoms with Gasteiger partial charge in [-0.05, 0) is 29.0 Å². The highest BCUT2D eigenvalue weighted by Gasteiger charge is 2.34. The van der Waals surface area contributed by atoms with Crippen molar-refractivity contribution in [3.8, 4) is 0 Å². The molecule has 9 heteroatoms. The van der Waals surface area contributed by atoms with Gasteiger partial charge >= 0.3 is 0 Å². The Labute approximate surface area is 173 Å². The number of sulfonamides is 1. The van der Waals surface area contributed by atoms with Gasteiger partial charge in [0.2, 0.25) is 10.0 Å². The van der Waals surface area contributed by atoms with E-state index in [0.717, 1.165) is 10.8 Å². The van der Waals surface area contributed by atoms with Crippen LogP contribution in [0.3, 0.4) is 0 Å². The van der Waals surface area contributed by atoms with Crippen molar-refractivity contribution in [3.05, 3.63) is 82.4 Å². The van der Waals surface area contributed by atoms with E-state index in [1.165, 1.54) is 28.6 Å². The number of fused-ring (bicyclic) bond motifs is 1. The number of carbonyl (C=O) groups is 1. The lowest BCUT2D eigenvalue weighted by atomic mass is 10.1. The molecule has 0 saturated carbocycles. The minimum Gasteiger partial charge on any atom is -0.336 e. The molecule has 0 aliphatic carbocycles. The molecule has 1 amide bonds. The number of amides is 1. The van der Waals surface area contributed by atoms with Crippen molar-refractivity contribution >= 4 is 32.4 Å².